The maximum Gasteiger partial charge on any atom is 0.389 e. The molecule has 0 saturated carbocycles. The average molecular weight is 169 g/mol. The van der Waals surface area contributed by atoms with Crippen LogP contribution in [0, 0.1) is 0 Å². The molecule has 1 atom stereocenters. The monoisotopic (exact) mass is 169 g/mol. The molecule has 2 N–H and O–H groups in total. The molecule has 11 heavy (non-hydrogen) atoms. The molecule has 0 aliphatic rings. The first kappa shape index (κ1) is 10.4. The molecule has 5 heteroatoms. The summed E-state index contributed by atoms with van der Waals surface area (Å²) in [5, 5.41) is 0. The predicted molar refractivity (Wildman–Crippen MR) is 33.9 cm³/mol. The highest BCUT2D eigenvalue weighted by molar-refractivity contribution is 5.83. The molecule has 0 aromatic heterocycles. The van der Waals surface area contributed by atoms with Crippen molar-refractivity contribution in [3.05, 3.63) is 0 Å². The van der Waals surface area contributed by atoms with Gasteiger partial charge in [-0.15, -0.1) is 0 Å². The van der Waals surface area contributed by atoms with E-state index in [1.165, 1.54) is 6.92 Å². The molecule has 0 rings (SSSR count). The molecule has 0 aromatic carbocycles. The van der Waals surface area contributed by atoms with Crippen molar-refractivity contribution in [3.63, 3.8) is 0 Å². The van der Waals surface area contributed by atoms with Gasteiger partial charge in [-0.1, -0.05) is 0 Å². The van der Waals surface area contributed by atoms with Crippen molar-refractivity contribution in [2.45, 2.75) is 32.0 Å². The second-order valence-corrected chi connectivity index (χ2v) is 2.37. The summed E-state index contributed by atoms with van der Waals surface area (Å²) in [6.07, 6.45) is -5.85. The van der Waals surface area contributed by atoms with E-state index in [9.17, 15) is 18.0 Å². The fraction of sp³-hybridized carbons (Fsp3) is 0.833. The van der Waals surface area contributed by atoms with Gasteiger partial charge in [0.15, 0.2) is 0 Å². The van der Waals surface area contributed by atoms with E-state index in [0.717, 1.165) is 0 Å². The highest BCUT2D eigenvalue weighted by atomic mass is 19.4. The van der Waals surface area contributed by atoms with Gasteiger partial charge in [0.2, 0.25) is 0 Å². The zero-order valence-corrected chi connectivity index (χ0v) is 6.11. The van der Waals surface area contributed by atoms with Gasteiger partial charge in [-0.2, -0.15) is 13.2 Å². The van der Waals surface area contributed by atoms with Gasteiger partial charge >= 0.3 is 6.18 Å². The molecule has 2 nitrogen and oxygen atoms in total. The van der Waals surface area contributed by atoms with E-state index in [4.69, 9.17) is 5.73 Å². The lowest BCUT2D eigenvalue weighted by atomic mass is 10.1. The van der Waals surface area contributed by atoms with Crippen molar-refractivity contribution in [1.29, 1.82) is 0 Å². The summed E-state index contributed by atoms with van der Waals surface area (Å²) in [6.45, 7) is 1.37. The first-order chi connectivity index (χ1) is 4.83. The van der Waals surface area contributed by atoms with Crippen LogP contribution >= 0.6 is 0 Å². The third-order valence-corrected chi connectivity index (χ3v) is 1.16. The Morgan fingerprint density at radius 1 is 1.55 bits per heavy atom. The summed E-state index contributed by atoms with van der Waals surface area (Å²) in [7, 11) is 0. The molecule has 0 aliphatic carbocycles. The first-order valence-corrected chi connectivity index (χ1v) is 3.18. The fourth-order valence-electron chi connectivity index (χ4n) is 0.493. The first-order valence-electron chi connectivity index (χ1n) is 3.18. The van der Waals surface area contributed by atoms with Crippen LogP contribution in [-0.4, -0.2) is 18.0 Å². The van der Waals surface area contributed by atoms with Gasteiger partial charge < -0.3 is 5.73 Å². The Morgan fingerprint density at radius 3 is 2.27 bits per heavy atom. The molecule has 0 radical (unpaired) electrons. The Balaban J connectivity index is 3.64. The van der Waals surface area contributed by atoms with Crippen LogP contribution in [0.4, 0.5) is 13.2 Å². The van der Waals surface area contributed by atoms with Gasteiger partial charge in [-0.25, -0.2) is 0 Å². The molecular weight excluding hydrogens is 159 g/mol. The average Bonchev–Trinajstić information content (AvgIpc) is 1.80. The molecule has 0 heterocycles. The Morgan fingerprint density at radius 2 is 2.00 bits per heavy atom. The van der Waals surface area contributed by atoms with Gasteiger partial charge in [-0.05, 0) is 6.92 Å². The summed E-state index contributed by atoms with van der Waals surface area (Å²) in [5.74, 6) is -0.553. The Bertz CT molecular complexity index is 141. The van der Waals surface area contributed by atoms with Crippen LogP contribution in [0.25, 0.3) is 0 Å². The van der Waals surface area contributed by atoms with Crippen molar-refractivity contribution in [2.24, 2.45) is 5.73 Å². The SMILES string of the molecule is C[C@H](N)C(=O)CCC(F)(F)F. The van der Waals surface area contributed by atoms with Crippen molar-refractivity contribution in [3.8, 4) is 0 Å². The number of carbonyl (C=O) groups excluding carboxylic acids is 1. The standard InChI is InChI=1S/C6H10F3NO/c1-4(10)5(11)2-3-6(7,8)9/h4H,2-3,10H2,1H3/t4-/m0/s1. The summed E-state index contributed by atoms with van der Waals surface area (Å²) < 4.78 is 34.5. The minimum atomic E-state index is -4.26. The maximum atomic E-state index is 11.5. The maximum absolute atomic E-state index is 11.5. The Kier molecular flexibility index (Phi) is 3.51. The lowest BCUT2D eigenvalue weighted by Crippen LogP contribution is -2.27. The second kappa shape index (κ2) is 3.71. The van der Waals surface area contributed by atoms with Gasteiger partial charge in [0.25, 0.3) is 0 Å². The number of nitrogens with two attached hydrogens (primary N) is 1. The molecular formula is C6H10F3NO. The van der Waals surface area contributed by atoms with E-state index in [1.807, 2.05) is 0 Å². The molecule has 0 unspecified atom stereocenters. The van der Waals surface area contributed by atoms with Crippen molar-refractivity contribution < 1.29 is 18.0 Å². The lowest BCUT2D eigenvalue weighted by molar-refractivity contribution is -0.143. The molecule has 66 valence electrons. The number of halogens is 3. The highest BCUT2D eigenvalue weighted by Crippen LogP contribution is 2.21. The molecule has 0 saturated heterocycles. The number of rotatable bonds is 3. The predicted octanol–water partition coefficient (Wildman–Crippen LogP) is 1.25. The van der Waals surface area contributed by atoms with Crippen LogP contribution in [0.1, 0.15) is 19.8 Å². The van der Waals surface area contributed by atoms with Gasteiger partial charge in [-0.3, -0.25) is 4.79 Å². The number of hydrogen-bond acceptors (Lipinski definition) is 2. The fourth-order valence-corrected chi connectivity index (χ4v) is 0.493. The van der Waals surface area contributed by atoms with Crippen LogP contribution in [0.2, 0.25) is 0 Å². The number of ketones is 1. The van der Waals surface area contributed by atoms with Crippen LogP contribution in [-0.2, 0) is 4.79 Å². The number of hydrogen-bond donors (Lipinski definition) is 1. The smallest absolute Gasteiger partial charge is 0.322 e. The molecule has 0 aliphatic heterocycles. The zero-order valence-electron chi connectivity index (χ0n) is 6.11. The molecule has 0 spiro atoms. The van der Waals surface area contributed by atoms with Gasteiger partial charge in [0.1, 0.15) is 5.78 Å². The van der Waals surface area contributed by atoms with E-state index in [0.29, 0.717) is 0 Å². The minimum Gasteiger partial charge on any atom is -0.322 e. The van der Waals surface area contributed by atoms with E-state index >= 15 is 0 Å². The molecule has 0 aromatic rings. The molecule has 0 bridgehead atoms. The number of alkyl halides is 3. The summed E-state index contributed by atoms with van der Waals surface area (Å²) in [6, 6.07) is -0.794. The van der Waals surface area contributed by atoms with Crippen LogP contribution in [0.3, 0.4) is 0 Å². The Hall–Kier alpha value is -0.580. The summed E-state index contributed by atoms with van der Waals surface area (Å²) in [4.78, 5) is 10.6. The van der Waals surface area contributed by atoms with E-state index in [-0.39, 0.29) is 0 Å². The second-order valence-electron chi connectivity index (χ2n) is 2.37. The third-order valence-electron chi connectivity index (χ3n) is 1.16. The van der Waals surface area contributed by atoms with Crippen LogP contribution in [0.5, 0.6) is 0 Å². The quantitative estimate of drug-likeness (QED) is 0.690. The summed E-state index contributed by atoms with van der Waals surface area (Å²) in [5.41, 5.74) is 5.05. The van der Waals surface area contributed by atoms with Crippen molar-refractivity contribution >= 4 is 5.78 Å². The van der Waals surface area contributed by atoms with Gasteiger partial charge in [0, 0.05) is 6.42 Å². The lowest BCUT2D eigenvalue weighted by Gasteiger charge is -2.06. The third kappa shape index (κ3) is 5.84. The van der Waals surface area contributed by atoms with Crippen molar-refractivity contribution in [2.75, 3.05) is 0 Å². The minimum absolute atomic E-state index is 0.513. The van der Waals surface area contributed by atoms with Gasteiger partial charge in [0.05, 0.1) is 12.5 Å². The van der Waals surface area contributed by atoms with Crippen LogP contribution in [0.15, 0.2) is 0 Å². The van der Waals surface area contributed by atoms with Crippen LogP contribution < -0.4 is 5.73 Å². The van der Waals surface area contributed by atoms with E-state index < -0.39 is 30.8 Å². The van der Waals surface area contributed by atoms with E-state index in [2.05, 4.69) is 0 Å². The molecule has 0 amide bonds. The highest BCUT2D eigenvalue weighted by Gasteiger charge is 2.28. The van der Waals surface area contributed by atoms with Crippen molar-refractivity contribution in [1.82, 2.24) is 0 Å². The van der Waals surface area contributed by atoms with E-state index in [1.54, 1.807) is 0 Å². The zero-order chi connectivity index (χ0) is 9.07. The topological polar surface area (TPSA) is 43.1 Å². The Labute approximate surface area is 62.6 Å². The largest absolute Gasteiger partial charge is 0.389 e. The normalized spacial score (nSPS) is 14.6. The number of carbonyl (C=O) groups is 1. The number of Topliss-reactive ketones (excluding diaryl/α,β-unsaturated/α-hetero) is 1. The summed E-state index contributed by atoms with van der Waals surface area (Å²) >= 11 is 0. The molecule has 0 fully saturated rings.